The van der Waals surface area contributed by atoms with Crippen molar-refractivity contribution < 1.29 is 9.13 Å². The normalized spacial score (nSPS) is 10.5. The van der Waals surface area contributed by atoms with Gasteiger partial charge in [0.15, 0.2) is 11.6 Å². The zero-order valence-corrected chi connectivity index (χ0v) is 11.1. The first kappa shape index (κ1) is 13.3. The highest BCUT2D eigenvalue weighted by Crippen LogP contribution is 2.23. The van der Waals surface area contributed by atoms with Gasteiger partial charge in [-0.25, -0.2) is 9.37 Å². The Morgan fingerprint density at radius 1 is 1.42 bits per heavy atom. The van der Waals surface area contributed by atoms with E-state index in [9.17, 15) is 9.18 Å². The lowest BCUT2D eigenvalue weighted by Gasteiger charge is -2.07. The molecule has 0 aliphatic rings. The number of hydrogen-bond acceptors (Lipinski definition) is 3. The summed E-state index contributed by atoms with van der Waals surface area (Å²) in [6, 6.07) is 4.47. The molecule has 1 heterocycles. The molecular weight excluding hydrogens is 247 g/mol. The van der Waals surface area contributed by atoms with Gasteiger partial charge < -0.3 is 9.72 Å². The van der Waals surface area contributed by atoms with Gasteiger partial charge >= 0.3 is 0 Å². The van der Waals surface area contributed by atoms with E-state index in [0.717, 1.165) is 5.69 Å². The average molecular weight is 262 g/mol. The number of aryl methyl sites for hydroxylation is 1. The molecule has 1 N–H and O–H groups in total. The number of aromatic amines is 1. The molecule has 0 fully saturated rings. The Bertz CT molecular complexity index is 665. The quantitative estimate of drug-likeness (QED) is 0.924. The molecule has 0 unspecified atom stereocenters. The maximum absolute atomic E-state index is 13.7. The van der Waals surface area contributed by atoms with Crippen LogP contribution in [0.5, 0.6) is 5.75 Å². The molecule has 5 heteroatoms. The number of nitrogens with one attached hydrogen (secondary N) is 1. The second kappa shape index (κ2) is 5.22. The summed E-state index contributed by atoms with van der Waals surface area (Å²) in [7, 11) is 1.40. The molecule has 0 saturated carbocycles. The van der Waals surface area contributed by atoms with Gasteiger partial charge in [-0.1, -0.05) is 6.92 Å². The summed E-state index contributed by atoms with van der Waals surface area (Å²) in [6.07, 6.45) is 0.654. The van der Waals surface area contributed by atoms with E-state index in [1.165, 1.54) is 19.2 Å². The summed E-state index contributed by atoms with van der Waals surface area (Å²) >= 11 is 0. The number of halogens is 1. The van der Waals surface area contributed by atoms with Crippen LogP contribution in [0.2, 0.25) is 0 Å². The highest BCUT2D eigenvalue weighted by atomic mass is 19.1. The predicted octanol–water partition coefficient (Wildman–Crippen LogP) is 2.46. The summed E-state index contributed by atoms with van der Waals surface area (Å²) < 4.78 is 18.5. The number of methoxy groups -OCH3 is 1. The van der Waals surface area contributed by atoms with Crippen LogP contribution in [0.15, 0.2) is 23.0 Å². The van der Waals surface area contributed by atoms with E-state index >= 15 is 0 Å². The fourth-order valence-electron chi connectivity index (χ4n) is 1.87. The average Bonchev–Trinajstić information content (AvgIpc) is 2.41. The molecule has 2 aromatic rings. The van der Waals surface area contributed by atoms with E-state index in [4.69, 9.17) is 4.74 Å². The lowest BCUT2D eigenvalue weighted by atomic mass is 10.1. The number of rotatable bonds is 3. The van der Waals surface area contributed by atoms with Crippen molar-refractivity contribution in [3.63, 3.8) is 0 Å². The van der Waals surface area contributed by atoms with Crippen molar-refractivity contribution in [1.29, 1.82) is 0 Å². The lowest BCUT2D eigenvalue weighted by Crippen LogP contribution is -2.15. The van der Waals surface area contributed by atoms with Crippen LogP contribution in [-0.2, 0) is 6.42 Å². The molecule has 4 nitrogen and oxygen atoms in total. The minimum Gasteiger partial charge on any atom is -0.494 e. The highest BCUT2D eigenvalue weighted by molar-refractivity contribution is 5.56. The Labute approximate surface area is 110 Å². The van der Waals surface area contributed by atoms with Gasteiger partial charge in [-0.15, -0.1) is 0 Å². The van der Waals surface area contributed by atoms with Crippen LogP contribution in [0.1, 0.15) is 18.2 Å². The third-order valence-electron chi connectivity index (χ3n) is 3.01. The van der Waals surface area contributed by atoms with Gasteiger partial charge in [-0.05, 0) is 31.5 Å². The second-order valence-electron chi connectivity index (χ2n) is 4.19. The van der Waals surface area contributed by atoms with Gasteiger partial charge in [-0.3, -0.25) is 4.79 Å². The molecular formula is C14H15FN2O2. The molecule has 0 saturated heterocycles. The fraction of sp³-hybridized carbons (Fsp3) is 0.286. The molecule has 0 spiro atoms. The van der Waals surface area contributed by atoms with Crippen LogP contribution in [0, 0.1) is 12.7 Å². The first-order valence-corrected chi connectivity index (χ1v) is 6.00. The Morgan fingerprint density at radius 3 is 2.74 bits per heavy atom. The Balaban J connectivity index is 2.56. The van der Waals surface area contributed by atoms with E-state index < -0.39 is 5.82 Å². The number of benzene rings is 1. The molecule has 0 radical (unpaired) electrons. The Hall–Kier alpha value is -2.17. The van der Waals surface area contributed by atoms with E-state index in [0.29, 0.717) is 23.4 Å². The molecule has 0 aliphatic carbocycles. The monoisotopic (exact) mass is 262 g/mol. The van der Waals surface area contributed by atoms with E-state index in [1.54, 1.807) is 13.0 Å². The third-order valence-corrected chi connectivity index (χ3v) is 3.01. The number of H-pyrrole nitrogens is 1. The number of aromatic nitrogens is 2. The highest BCUT2D eigenvalue weighted by Gasteiger charge is 2.10. The van der Waals surface area contributed by atoms with E-state index in [2.05, 4.69) is 9.97 Å². The van der Waals surface area contributed by atoms with Crippen molar-refractivity contribution in [2.75, 3.05) is 7.11 Å². The largest absolute Gasteiger partial charge is 0.494 e. The number of nitrogens with zero attached hydrogens (tertiary/aromatic N) is 1. The summed E-state index contributed by atoms with van der Waals surface area (Å²) in [5.74, 6) is 0.0456. The number of ether oxygens (including phenoxy) is 1. The van der Waals surface area contributed by atoms with E-state index in [-0.39, 0.29) is 11.3 Å². The first-order valence-electron chi connectivity index (χ1n) is 6.00. The Morgan fingerprint density at radius 2 is 2.16 bits per heavy atom. The standard InChI is InChI=1S/C14H15FN2O2/c1-4-11-8(2)14(18)17-13(16-11)9-5-6-12(19-3)10(15)7-9/h5-7H,4H2,1-3H3,(H,16,17,18). The van der Waals surface area contributed by atoms with Crippen molar-refractivity contribution in [3.05, 3.63) is 45.6 Å². The minimum absolute atomic E-state index is 0.161. The van der Waals surface area contributed by atoms with Gasteiger partial charge in [0.05, 0.1) is 12.8 Å². The first-order chi connectivity index (χ1) is 9.06. The Kier molecular flexibility index (Phi) is 3.64. The summed E-state index contributed by atoms with van der Waals surface area (Å²) in [4.78, 5) is 18.8. The number of hydrogen-bond donors (Lipinski definition) is 1. The van der Waals surface area contributed by atoms with Crippen LogP contribution < -0.4 is 10.3 Å². The topological polar surface area (TPSA) is 55.0 Å². The molecule has 0 amide bonds. The molecule has 0 aliphatic heterocycles. The molecule has 1 aromatic heterocycles. The van der Waals surface area contributed by atoms with Gasteiger partial charge in [-0.2, -0.15) is 0 Å². The van der Waals surface area contributed by atoms with Crippen molar-refractivity contribution in [1.82, 2.24) is 9.97 Å². The summed E-state index contributed by atoms with van der Waals surface area (Å²) in [5.41, 5.74) is 1.64. The van der Waals surface area contributed by atoms with Crippen LogP contribution >= 0.6 is 0 Å². The van der Waals surface area contributed by atoms with Gasteiger partial charge in [0, 0.05) is 11.1 Å². The van der Waals surface area contributed by atoms with E-state index in [1.807, 2.05) is 6.92 Å². The van der Waals surface area contributed by atoms with Crippen LogP contribution in [0.25, 0.3) is 11.4 Å². The van der Waals surface area contributed by atoms with Crippen molar-refractivity contribution in [2.45, 2.75) is 20.3 Å². The molecule has 100 valence electrons. The van der Waals surface area contributed by atoms with Gasteiger partial charge in [0.1, 0.15) is 5.82 Å². The maximum atomic E-state index is 13.7. The zero-order valence-electron chi connectivity index (χ0n) is 11.1. The van der Waals surface area contributed by atoms with Crippen molar-refractivity contribution >= 4 is 0 Å². The third kappa shape index (κ3) is 2.50. The molecule has 0 bridgehead atoms. The van der Waals surface area contributed by atoms with Crippen LogP contribution in [-0.4, -0.2) is 17.1 Å². The van der Waals surface area contributed by atoms with Gasteiger partial charge in [0.25, 0.3) is 5.56 Å². The van der Waals surface area contributed by atoms with Crippen molar-refractivity contribution in [3.8, 4) is 17.1 Å². The smallest absolute Gasteiger partial charge is 0.254 e. The predicted molar refractivity (Wildman–Crippen MR) is 70.9 cm³/mol. The molecule has 2 rings (SSSR count). The molecule has 19 heavy (non-hydrogen) atoms. The maximum Gasteiger partial charge on any atom is 0.254 e. The van der Waals surface area contributed by atoms with Crippen LogP contribution in [0.4, 0.5) is 4.39 Å². The van der Waals surface area contributed by atoms with Crippen LogP contribution in [0.3, 0.4) is 0 Å². The SMILES string of the molecule is CCc1nc(-c2ccc(OC)c(F)c2)[nH]c(=O)c1C. The fourth-order valence-corrected chi connectivity index (χ4v) is 1.87. The molecule has 0 atom stereocenters. The molecule has 1 aromatic carbocycles. The summed E-state index contributed by atoms with van der Waals surface area (Å²) in [6.45, 7) is 3.65. The van der Waals surface area contributed by atoms with Gasteiger partial charge in [0.2, 0.25) is 0 Å². The minimum atomic E-state index is -0.485. The zero-order chi connectivity index (χ0) is 14.0. The van der Waals surface area contributed by atoms with Crippen molar-refractivity contribution in [2.24, 2.45) is 0 Å². The lowest BCUT2D eigenvalue weighted by molar-refractivity contribution is 0.386. The summed E-state index contributed by atoms with van der Waals surface area (Å²) in [5, 5.41) is 0. The second-order valence-corrected chi connectivity index (χ2v) is 4.19.